The van der Waals surface area contributed by atoms with Crippen LogP contribution in [0.2, 0.25) is 3.67 Å². The summed E-state index contributed by atoms with van der Waals surface area (Å²) in [5, 5.41) is 0. The van der Waals surface area contributed by atoms with E-state index in [9.17, 15) is 0 Å². The van der Waals surface area contributed by atoms with E-state index < -0.39 is 10.4 Å². The molecule has 0 amide bonds. The van der Waals surface area contributed by atoms with Gasteiger partial charge in [-0.2, -0.15) is 8.42 Å². The van der Waals surface area contributed by atoms with Crippen LogP contribution in [0.25, 0.3) is 0 Å². The second kappa shape index (κ2) is 23.4. The molecular formula is C12H27ClNa2O4S. The first-order chi connectivity index (χ1) is 8.41. The third kappa shape index (κ3) is 50.1. The summed E-state index contributed by atoms with van der Waals surface area (Å²) in [5.41, 5.74) is 0. The minimum Gasteiger partial charge on any atom is -1.00 e. The molecule has 0 aliphatic heterocycles. The number of halogens is 1. The summed E-state index contributed by atoms with van der Waals surface area (Å²) < 4.78 is 33.1. The zero-order valence-corrected chi connectivity index (χ0v) is 18.8. The van der Waals surface area contributed by atoms with Crippen LogP contribution >= 0.6 is 0 Å². The second-order valence-corrected chi connectivity index (χ2v) is 6.53. The fraction of sp³-hybridized carbons (Fsp3) is 1.00. The standard InChI is InChI=1S/C12H25.ClH.2Na.H2O4S/c1-3-5-7-9-11-12-10-8-6-4-2;;;;1-5(2,3)4/h1,3-12H2,2H3;1H;;;(H2,1,2,3,4)/q;;;+1;/p-1. The van der Waals surface area contributed by atoms with Crippen molar-refractivity contribution in [3.05, 3.63) is 0 Å². The van der Waals surface area contributed by atoms with Gasteiger partial charge >= 0.3 is 143 Å². The van der Waals surface area contributed by atoms with Crippen molar-refractivity contribution < 1.29 is 59.5 Å². The molecule has 0 saturated heterocycles. The smallest absolute Gasteiger partial charge is 1.00 e. The minimum absolute atomic E-state index is 0. The maximum Gasteiger partial charge on any atom is 1.00 e. The summed E-state index contributed by atoms with van der Waals surface area (Å²) in [5.74, 6) is 0. The van der Waals surface area contributed by atoms with Crippen LogP contribution in [-0.4, -0.2) is 45.5 Å². The second-order valence-electron chi connectivity index (χ2n) is 4.63. The van der Waals surface area contributed by atoms with E-state index >= 15 is 0 Å². The topological polar surface area (TPSA) is 74.6 Å². The number of rotatable bonds is 10. The van der Waals surface area contributed by atoms with Crippen molar-refractivity contribution in [2.24, 2.45) is 0 Å². The molecule has 0 atom stereocenters. The Labute approximate surface area is 170 Å². The first kappa shape index (κ1) is 30.1. The van der Waals surface area contributed by atoms with Gasteiger partial charge in [0.2, 0.25) is 0 Å². The Balaban J connectivity index is -0.000000158. The molecule has 8 heteroatoms. The summed E-state index contributed by atoms with van der Waals surface area (Å²) in [6.07, 6.45) is 14.7. The van der Waals surface area contributed by atoms with Gasteiger partial charge in [0.1, 0.15) is 0 Å². The molecule has 0 saturated carbocycles. The van der Waals surface area contributed by atoms with Gasteiger partial charge in [0, 0.05) is 0 Å². The van der Waals surface area contributed by atoms with E-state index in [-0.39, 0.29) is 42.0 Å². The Kier molecular flexibility index (Phi) is 35.2. The van der Waals surface area contributed by atoms with Crippen LogP contribution in [0.15, 0.2) is 0 Å². The fourth-order valence-electron chi connectivity index (χ4n) is 1.74. The molecule has 0 heterocycles. The first-order valence-electron chi connectivity index (χ1n) is 7.11. The van der Waals surface area contributed by atoms with Crippen LogP contribution in [0.1, 0.15) is 71.1 Å². The van der Waals surface area contributed by atoms with Crippen LogP contribution in [0.5, 0.6) is 0 Å². The molecule has 0 spiro atoms. The first-order valence-corrected chi connectivity index (χ1v) is 9.92. The molecule has 4 nitrogen and oxygen atoms in total. The molecule has 0 unspecified atom stereocenters. The predicted octanol–water partition coefficient (Wildman–Crippen LogP) is -2.15. The number of hydrogen-bond donors (Lipinski definition) is 2. The van der Waals surface area contributed by atoms with Crippen molar-refractivity contribution in [3.8, 4) is 0 Å². The van der Waals surface area contributed by atoms with Crippen molar-refractivity contribution in [1.82, 2.24) is 0 Å². The third-order valence-electron chi connectivity index (χ3n) is 2.71. The molecule has 0 aromatic heterocycles. The van der Waals surface area contributed by atoms with Gasteiger partial charge < -0.3 is 12.4 Å². The van der Waals surface area contributed by atoms with Crippen LogP contribution in [0.4, 0.5) is 0 Å². The molecule has 0 radical (unpaired) electrons. The van der Waals surface area contributed by atoms with E-state index in [1.165, 1.54) is 95.8 Å². The van der Waals surface area contributed by atoms with Gasteiger partial charge in [-0.05, 0) is 0 Å². The molecule has 20 heavy (non-hydrogen) atoms. The minimum atomic E-state index is -4.67. The third-order valence-corrected chi connectivity index (χ3v) is 3.41. The summed E-state index contributed by atoms with van der Waals surface area (Å²) in [4.78, 5) is 0. The maximum absolute atomic E-state index is 8.74. The van der Waals surface area contributed by atoms with E-state index in [1.807, 2.05) is 0 Å². The molecule has 0 aliphatic carbocycles. The van der Waals surface area contributed by atoms with E-state index in [0.29, 0.717) is 0 Å². The SMILES string of the molecule is CCCCCCCCCCC[CH2][Na].O=S(=O)(O)O.[Cl-].[Na+]. The van der Waals surface area contributed by atoms with Crippen LogP contribution in [-0.2, 0) is 10.4 Å². The van der Waals surface area contributed by atoms with E-state index in [0.717, 1.165) is 0 Å². The van der Waals surface area contributed by atoms with E-state index in [2.05, 4.69) is 6.92 Å². The van der Waals surface area contributed by atoms with Crippen molar-refractivity contribution >= 4 is 38.3 Å². The van der Waals surface area contributed by atoms with Crippen molar-refractivity contribution in [1.29, 1.82) is 0 Å². The zero-order chi connectivity index (χ0) is 14.3. The Morgan fingerprint density at radius 2 is 1.05 bits per heavy atom. The average Bonchev–Trinajstić information content (AvgIpc) is 2.25. The molecule has 0 aliphatic rings. The Morgan fingerprint density at radius 3 is 1.30 bits per heavy atom. The normalized spacial score (nSPS) is 9.85. The number of hydrogen-bond acceptors (Lipinski definition) is 2. The summed E-state index contributed by atoms with van der Waals surface area (Å²) in [6, 6.07) is 0. The molecule has 0 bridgehead atoms. The Morgan fingerprint density at radius 1 is 0.800 bits per heavy atom. The van der Waals surface area contributed by atoms with Gasteiger partial charge in [0.05, 0.1) is 0 Å². The molecule has 2 N–H and O–H groups in total. The quantitative estimate of drug-likeness (QED) is 0.268. The van der Waals surface area contributed by atoms with Crippen LogP contribution in [0.3, 0.4) is 0 Å². The van der Waals surface area contributed by atoms with Crippen LogP contribution in [0, 0.1) is 0 Å². The monoisotopic (exact) mass is 348 g/mol. The summed E-state index contributed by atoms with van der Waals surface area (Å²) >= 11 is 1.41. The van der Waals surface area contributed by atoms with E-state index in [4.69, 9.17) is 17.5 Å². The van der Waals surface area contributed by atoms with Gasteiger partial charge in [0.15, 0.2) is 0 Å². The van der Waals surface area contributed by atoms with Gasteiger partial charge in [-0.3, -0.25) is 9.11 Å². The van der Waals surface area contributed by atoms with Gasteiger partial charge in [-0.15, -0.1) is 0 Å². The van der Waals surface area contributed by atoms with Gasteiger partial charge in [0.25, 0.3) is 0 Å². The Bertz CT molecular complexity index is 234. The molecule has 0 rings (SSSR count). The molecule has 114 valence electrons. The number of unbranched alkanes of at least 4 members (excludes halogenated alkanes) is 9. The van der Waals surface area contributed by atoms with Gasteiger partial charge in [-0.25, -0.2) is 0 Å². The molecule has 0 fully saturated rings. The van der Waals surface area contributed by atoms with Gasteiger partial charge in [-0.1, -0.05) is 0 Å². The largest absolute Gasteiger partial charge is 1.00 e. The van der Waals surface area contributed by atoms with Crippen molar-refractivity contribution in [3.63, 3.8) is 0 Å². The van der Waals surface area contributed by atoms with Crippen molar-refractivity contribution in [2.45, 2.75) is 74.8 Å². The van der Waals surface area contributed by atoms with Crippen molar-refractivity contribution in [2.75, 3.05) is 0 Å². The molecule has 0 aromatic carbocycles. The summed E-state index contributed by atoms with van der Waals surface area (Å²) in [6.45, 7) is 2.29. The molecule has 0 aromatic rings. The zero-order valence-electron chi connectivity index (χ0n) is 13.3. The average molecular weight is 349 g/mol. The predicted molar refractivity (Wildman–Crippen MR) is 76.6 cm³/mol. The molecular weight excluding hydrogens is 322 g/mol. The maximum atomic E-state index is 8.74. The fourth-order valence-corrected chi connectivity index (χ4v) is 2.24. The summed E-state index contributed by atoms with van der Waals surface area (Å²) in [7, 11) is -4.67. The van der Waals surface area contributed by atoms with E-state index in [1.54, 1.807) is 0 Å². The Hall–Kier alpha value is 2.16. The van der Waals surface area contributed by atoms with Crippen LogP contribution < -0.4 is 42.0 Å².